The highest BCUT2D eigenvalue weighted by molar-refractivity contribution is 6.31. The molecule has 27 heavy (non-hydrogen) atoms. The van der Waals surface area contributed by atoms with Crippen molar-refractivity contribution in [1.82, 2.24) is 4.90 Å². The molecule has 1 fully saturated rings. The van der Waals surface area contributed by atoms with Crippen LogP contribution in [0.4, 0.5) is 17.1 Å². The van der Waals surface area contributed by atoms with Crippen LogP contribution in [0.3, 0.4) is 0 Å². The van der Waals surface area contributed by atoms with Crippen LogP contribution in [0.25, 0.3) is 0 Å². The van der Waals surface area contributed by atoms with Gasteiger partial charge in [0, 0.05) is 61.2 Å². The molecule has 3 rings (SSSR count). The maximum Gasteiger partial charge on any atom is 0.226 e. The predicted molar refractivity (Wildman–Crippen MR) is 114 cm³/mol. The lowest BCUT2D eigenvalue weighted by molar-refractivity contribution is -0.115. The molecule has 1 saturated heterocycles. The Bertz CT molecular complexity index is 770. The second-order valence-electron chi connectivity index (χ2n) is 7.02. The second kappa shape index (κ2) is 9.11. The molecule has 1 aliphatic heterocycles. The number of amides is 1. The zero-order valence-electron chi connectivity index (χ0n) is 16.0. The summed E-state index contributed by atoms with van der Waals surface area (Å²) in [6.07, 6.45) is 0.395. The summed E-state index contributed by atoms with van der Waals surface area (Å²) in [6.45, 7) is 6.85. The summed E-state index contributed by atoms with van der Waals surface area (Å²) in [7, 11) is 2.16. The summed E-state index contributed by atoms with van der Waals surface area (Å²) >= 11 is 5.99. The first-order chi connectivity index (χ1) is 13.0. The van der Waals surface area contributed by atoms with Gasteiger partial charge >= 0.3 is 0 Å². The van der Waals surface area contributed by atoms with Crippen molar-refractivity contribution in [3.63, 3.8) is 0 Å². The normalized spacial score (nSPS) is 14.9. The van der Waals surface area contributed by atoms with Crippen LogP contribution in [0, 0.1) is 6.92 Å². The van der Waals surface area contributed by atoms with Crippen molar-refractivity contribution in [1.29, 1.82) is 0 Å². The van der Waals surface area contributed by atoms with Gasteiger partial charge in [0.05, 0.1) is 0 Å². The van der Waals surface area contributed by atoms with Gasteiger partial charge in [0.2, 0.25) is 5.91 Å². The molecule has 1 aliphatic rings. The van der Waals surface area contributed by atoms with Crippen LogP contribution in [0.1, 0.15) is 12.0 Å². The Kier molecular flexibility index (Phi) is 6.58. The van der Waals surface area contributed by atoms with Crippen molar-refractivity contribution in [2.24, 2.45) is 0 Å². The number of nitrogens with zero attached hydrogens (tertiary/aromatic N) is 2. The third kappa shape index (κ3) is 5.62. The number of piperazine rings is 1. The molecule has 0 aromatic heterocycles. The van der Waals surface area contributed by atoms with Crippen LogP contribution in [0.2, 0.25) is 5.02 Å². The van der Waals surface area contributed by atoms with Gasteiger partial charge < -0.3 is 20.4 Å². The Morgan fingerprint density at radius 1 is 1.07 bits per heavy atom. The van der Waals surface area contributed by atoms with E-state index in [1.165, 1.54) is 5.69 Å². The second-order valence-corrected chi connectivity index (χ2v) is 7.46. The van der Waals surface area contributed by atoms with Gasteiger partial charge in [-0.1, -0.05) is 17.7 Å². The van der Waals surface area contributed by atoms with E-state index < -0.39 is 0 Å². The maximum atomic E-state index is 12.1. The largest absolute Gasteiger partial charge is 0.385 e. The lowest BCUT2D eigenvalue weighted by Crippen LogP contribution is -2.44. The minimum Gasteiger partial charge on any atom is -0.385 e. The third-order valence-electron chi connectivity index (χ3n) is 4.89. The molecule has 2 aromatic carbocycles. The van der Waals surface area contributed by atoms with Crippen LogP contribution in [0.15, 0.2) is 42.5 Å². The van der Waals surface area contributed by atoms with Crippen molar-refractivity contribution < 1.29 is 4.79 Å². The van der Waals surface area contributed by atoms with Crippen LogP contribution in [-0.4, -0.2) is 50.6 Å². The quantitative estimate of drug-likeness (QED) is 0.791. The van der Waals surface area contributed by atoms with Crippen molar-refractivity contribution >= 4 is 34.6 Å². The number of anilines is 3. The zero-order chi connectivity index (χ0) is 19.2. The lowest BCUT2D eigenvalue weighted by Gasteiger charge is -2.34. The number of halogens is 1. The van der Waals surface area contributed by atoms with E-state index in [-0.39, 0.29) is 5.91 Å². The minimum absolute atomic E-state index is 0.0260. The fraction of sp³-hybridized carbons (Fsp3) is 0.381. The molecule has 1 amide bonds. The molecule has 0 bridgehead atoms. The zero-order valence-corrected chi connectivity index (χ0v) is 16.7. The molecular weight excluding hydrogens is 360 g/mol. The first-order valence-corrected chi connectivity index (χ1v) is 9.72. The van der Waals surface area contributed by atoms with Crippen LogP contribution >= 0.6 is 11.6 Å². The number of hydrogen-bond acceptors (Lipinski definition) is 4. The number of carbonyl (C=O) groups is 1. The number of benzene rings is 2. The van der Waals surface area contributed by atoms with E-state index in [1.807, 2.05) is 19.1 Å². The Morgan fingerprint density at radius 3 is 2.48 bits per heavy atom. The molecule has 0 radical (unpaired) electrons. The van der Waals surface area contributed by atoms with Gasteiger partial charge in [-0.2, -0.15) is 0 Å². The van der Waals surface area contributed by atoms with Gasteiger partial charge in [0.1, 0.15) is 0 Å². The Hall–Kier alpha value is -2.24. The molecule has 0 atom stereocenters. The first-order valence-electron chi connectivity index (χ1n) is 9.35. The number of carbonyl (C=O) groups excluding carboxylic acids is 1. The SMILES string of the molecule is Cc1ccc(Cl)cc1NC(=O)CCNc1ccc(N2CCN(C)CC2)cc1. The molecule has 1 heterocycles. The topological polar surface area (TPSA) is 47.6 Å². The molecule has 6 heteroatoms. The fourth-order valence-corrected chi connectivity index (χ4v) is 3.29. The molecule has 144 valence electrons. The average Bonchev–Trinajstić information content (AvgIpc) is 2.66. The lowest BCUT2D eigenvalue weighted by atomic mass is 10.2. The highest BCUT2D eigenvalue weighted by atomic mass is 35.5. The Balaban J connectivity index is 1.44. The predicted octanol–water partition coefficient (Wildman–Crippen LogP) is 3.84. The summed E-state index contributed by atoms with van der Waals surface area (Å²) < 4.78 is 0. The fourth-order valence-electron chi connectivity index (χ4n) is 3.12. The van der Waals surface area contributed by atoms with E-state index in [4.69, 9.17) is 11.6 Å². The first kappa shape index (κ1) is 19.5. The number of rotatable bonds is 6. The summed E-state index contributed by atoms with van der Waals surface area (Å²) in [6, 6.07) is 13.9. The van der Waals surface area contributed by atoms with Gasteiger partial charge in [-0.15, -0.1) is 0 Å². The van der Waals surface area contributed by atoms with Crippen molar-refractivity contribution in [2.75, 3.05) is 55.3 Å². The van der Waals surface area contributed by atoms with E-state index in [2.05, 4.69) is 51.7 Å². The molecule has 0 spiro atoms. The van der Waals surface area contributed by atoms with E-state index in [0.717, 1.165) is 43.1 Å². The van der Waals surface area contributed by atoms with Crippen LogP contribution < -0.4 is 15.5 Å². The smallest absolute Gasteiger partial charge is 0.226 e. The van der Waals surface area contributed by atoms with Gasteiger partial charge in [-0.05, 0) is 55.9 Å². The molecule has 2 N–H and O–H groups in total. The maximum absolute atomic E-state index is 12.1. The number of likely N-dealkylation sites (N-methyl/N-ethyl adjacent to an activating group) is 1. The Morgan fingerprint density at radius 2 is 1.78 bits per heavy atom. The van der Waals surface area contributed by atoms with Gasteiger partial charge in [-0.3, -0.25) is 4.79 Å². The van der Waals surface area contributed by atoms with E-state index >= 15 is 0 Å². The molecule has 0 unspecified atom stereocenters. The van der Waals surface area contributed by atoms with E-state index in [0.29, 0.717) is 18.0 Å². The summed E-state index contributed by atoms with van der Waals surface area (Å²) in [5, 5.41) is 6.85. The van der Waals surface area contributed by atoms with Crippen molar-refractivity contribution in [3.8, 4) is 0 Å². The summed E-state index contributed by atoms with van der Waals surface area (Å²) in [5.41, 5.74) is 4.05. The summed E-state index contributed by atoms with van der Waals surface area (Å²) in [5.74, 6) is -0.0260. The average molecular weight is 387 g/mol. The van der Waals surface area contributed by atoms with E-state index in [1.54, 1.807) is 6.07 Å². The third-order valence-corrected chi connectivity index (χ3v) is 5.13. The molecule has 5 nitrogen and oxygen atoms in total. The van der Waals surface area contributed by atoms with Gasteiger partial charge in [-0.25, -0.2) is 0 Å². The molecular formula is C21H27ClN4O. The van der Waals surface area contributed by atoms with Crippen molar-refractivity contribution in [3.05, 3.63) is 53.1 Å². The number of nitrogens with one attached hydrogen (secondary N) is 2. The van der Waals surface area contributed by atoms with Crippen molar-refractivity contribution in [2.45, 2.75) is 13.3 Å². The highest BCUT2D eigenvalue weighted by Crippen LogP contribution is 2.21. The molecule has 0 aliphatic carbocycles. The van der Waals surface area contributed by atoms with Crippen LogP contribution in [-0.2, 0) is 4.79 Å². The highest BCUT2D eigenvalue weighted by Gasteiger charge is 2.14. The monoisotopic (exact) mass is 386 g/mol. The molecule has 0 saturated carbocycles. The molecule has 2 aromatic rings. The van der Waals surface area contributed by atoms with Gasteiger partial charge in [0.15, 0.2) is 0 Å². The standard InChI is InChI=1S/C21H27ClN4O/c1-16-3-4-17(22)15-20(16)24-21(27)9-10-23-18-5-7-19(8-6-18)26-13-11-25(2)12-14-26/h3-8,15,23H,9-14H2,1-2H3,(H,24,27). The summed E-state index contributed by atoms with van der Waals surface area (Å²) in [4.78, 5) is 16.9. The minimum atomic E-state index is -0.0260. The number of aryl methyl sites for hydroxylation is 1. The van der Waals surface area contributed by atoms with Gasteiger partial charge in [0.25, 0.3) is 0 Å². The van der Waals surface area contributed by atoms with E-state index in [9.17, 15) is 4.79 Å². The number of hydrogen-bond donors (Lipinski definition) is 2. The van der Waals surface area contributed by atoms with Crippen LogP contribution in [0.5, 0.6) is 0 Å². The Labute approximate surface area is 166 Å².